The molecule has 0 aromatic rings. The Hall–Kier alpha value is -0.120. The van der Waals surface area contributed by atoms with Gasteiger partial charge in [0, 0.05) is 17.9 Å². The third kappa shape index (κ3) is 1.93. The van der Waals surface area contributed by atoms with E-state index in [4.69, 9.17) is 0 Å². The highest BCUT2D eigenvalue weighted by atomic mass is 79.9. The van der Waals surface area contributed by atoms with E-state index in [0.717, 1.165) is 24.7 Å². The summed E-state index contributed by atoms with van der Waals surface area (Å²) in [5.74, 6) is 0.0270. The van der Waals surface area contributed by atoms with E-state index in [9.17, 15) is 9.18 Å². The smallest absolute Gasteiger partial charge is 0.231 e. The second-order valence-electron chi connectivity index (χ2n) is 4.89. The number of carbonyl (C=O) groups is 1. The van der Waals surface area contributed by atoms with Crippen molar-refractivity contribution >= 4 is 21.8 Å². The molecule has 3 unspecified atom stereocenters. The van der Waals surface area contributed by atoms with Crippen molar-refractivity contribution in [2.24, 2.45) is 5.41 Å². The third-order valence-electron chi connectivity index (χ3n) is 3.69. The van der Waals surface area contributed by atoms with Gasteiger partial charge < -0.3 is 4.90 Å². The highest BCUT2D eigenvalue weighted by molar-refractivity contribution is 9.09. The van der Waals surface area contributed by atoms with Gasteiger partial charge in [-0.1, -0.05) is 15.9 Å². The molecule has 4 heteroatoms. The lowest BCUT2D eigenvalue weighted by molar-refractivity contribution is -0.140. The molecule has 86 valence electrons. The van der Waals surface area contributed by atoms with Crippen molar-refractivity contribution in [1.29, 1.82) is 0 Å². The molecular weight excluding hydrogens is 261 g/mol. The lowest BCUT2D eigenvalue weighted by atomic mass is 9.99. The zero-order valence-corrected chi connectivity index (χ0v) is 10.6. The van der Waals surface area contributed by atoms with E-state index in [2.05, 4.69) is 15.9 Å². The molecule has 1 aliphatic heterocycles. The maximum Gasteiger partial charge on any atom is 0.231 e. The fourth-order valence-corrected chi connectivity index (χ4v) is 2.96. The van der Waals surface area contributed by atoms with Gasteiger partial charge in [0.1, 0.15) is 6.17 Å². The number of hydrogen-bond acceptors (Lipinski definition) is 1. The summed E-state index contributed by atoms with van der Waals surface area (Å²) in [6.07, 6.45) is 2.78. The standard InChI is InChI=1S/C11H17BrFNO/c1-11(6-9(11)13)10(15)14-5-3-2-4-8(14)7-12/h8-9H,2-7H2,1H3. The van der Waals surface area contributed by atoms with Crippen molar-refractivity contribution < 1.29 is 9.18 Å². The first-order valence-corrected chi connectivity index (χ1v) is 6.73. The largest absolute Gasteiger partial charge is 0.338 e. The van der Waals surface area contributed by atoms with E-state index in [0.29, 0.717) is 6.42 Å². The van der Waals surface area contributed by atoms with Crippen LogP contribution < -0.4 is 0 Å². The van der Waals surface area contributed by atoms with Crippen molar-refractivity contribution in [1.82, 2.24) is 4.90 Å². The fourth-order valence-electron chi connectivity index (χ4n) is 2.29. The minimum atomic E-state index is -0.914. The number of halogens is 2. The molecule has 0 spiro atoms. The Morgan fingerprint density at radius 2 is 2.27 bits per heavy atom. The first kappa shape index (κ1) is 11.4. The van der Waals surface area contributed by atoms with Gasteiger partial charge in [0.15, 0.2) is 0 Å². The number of piperidine rings is 1. The second-order valence-corrected chi connectivity index (χ2v) is 5.54. The molecule has 15 heavy (non-hydrogen) atoms. The summed E-state index contributed by atoms with van der Waals surface area (Å²) in [6.45, 7) is 2.55. The van der Waals surface area contributed by atoms with Crippen LogP contribution in [0.1, 0.15) is 32.6 Å². The van der Waals surface area contributed by atoms with Crippen molar-refractivity contribution in [2.45, 2.75) is 44.8 Å². The minimum Gasteiger partial charge on any atom is -0.338 e. The molecule has 3 atom stereocenters. The molecule has 2 nitrogen and oxygen atoms in total. The van der Waals surface area contributed by atoms with Gasteiger partial charge in [-0.2, -0.15) is 0 Å². The van der Waals surface area contributed by atoms with Crippen LogP contribution in [0, 0.1) is 5.41 Å². The van der Waals surface area contributed by atoms with Gasteiger partial charge in [0.25, 0.3) is 0 Å². The summed E-state index contributed by atoms with van der Waals surface area (Å²) in [5, 5.41) is 0.811. The highest BCUT2D eigenvalue weighted by Gasteiger charge is 2.59. The first-order valence-electron chi connectivity index (χ1n) is 5.60. The van der Waals surface area contributed by atoms with Crippen LogP contribution in [0.4, 0.5) is 4.39 Å². The summed E-state index contributed by atoms with van der Waals surface area (Å²) in [7, 11) is 0. The van der Waals surface area contributed by atoms with Crippen molar-refractivity contribution in [3.05, 3.63) is 0 Å². The summed E-state index contributed by atoms with van der Waals surface area (Å²) in [4.78, 5) is 14.0. The third-order valence-corrected chi connectivity index (χ3v) is 4.44. The Morgan fingerprint density at radius 1 is 1.60 bits per heavy atom. The molecule has 2 rings (SSSR count). The van der Waals surface area contributed by atoms with Gasteiger partial charge in [-0.3, -0.25) is 4.79 Å². The van der Waals surface area contributed by atoms with Crippen molar-refractivity contribution in [3.63, 3.8) is 0 Å². The Labute approximate surface area is 98.3 Å². The predicted molar refractivity (Wildman–Crippen MR) is 60.8 cm³/mol. The number of hydrogen-bond donors (Lipinski definition) is 0. The van der Waals surface area contributed by atoms with Crippen molar-refractivity contribution in [3.8, 4) is 0 Å². The van der Waals surface area contributed by atoms with E-state index in [1.165, 1.54) is 6.42 Å². The Kier molecular flexibility index (Phi) is 3.06. The Morgan fingerprint density at radius 3 is 2.80 bits per heavy atom. The average Bonchev–Trinajstić information content (AvgIpc) is 2.87. The van der Waals surface area contributed by atoms with Crippen molar-refractivity contribution in [2.75, 3.05) is 11.9 Å². The molecule has 0 N–H and O–H groups in total. The molecule has 2 fully saturated rings. The molecule has 1 saturated carbocycles. The topological polar surface area (TPSA) is 20.3 Å². The molecule has 1 heterocycles. The molecule has 0 radical (unpaired) electrons. The van der Waals surface area contributed by atoms with E-state index < -0.39 is 11.6 Å². The number of alkyl halides is 2. The van der Waals surface area contributed by atoms with Gasteiger partial charge in [-0.25, -0.2) is 4.39 Å². The zero-order chi connectivity index (χ0) is 11.1. The molecule has 0 aromatic carbocycles. The quantitative estimate of drug-likeness (QED) is 0.711. The second kappa shape index (κ2) is 4.04. The van der Waals surface area contributed by atoms with Gasteiger partial charge in [-0.15, -0.1) is 0 Å². The maximum atomic E-state index is 13.1. The lowest BCUT2D eigenvalue weighted by Gasteiger charge is -2.36. The van der Waals surface area contributed by atoms with Crippen LogP contribution >= 0.6 is 15.9 Å². The van der Waals surface area contributed by atoms with Crippen LogP contribution in [-0.2, 0) is 4.79 Å². The zero-order valence-electron chi connectivity index (χ0n) is 9.01. The summed E-state index contributed by atoms with van der Waals surface area (Å²) >= 11 is 3.43. The van der Waals surface area contributed by atoms with Gasteiger partial charge in [0.05, 0.1) is 5.41 Å². The molecule has 0 aromatic heterocycles. The van der Waals surface area contributed by atoms with E-state index in [-0.39, 0.29) is 11.9 Å². The van der Waals surface area contributed by atoms with E-state index in [1.807, 2.05) is 4.90 Å². The molecule has 1 aliphatic carbocycles. The van der Waals surface area contributed by atoms with Crippen LogP contribution in [0.5, 0.6) is 0 Å². The molecule has 0 bridgehead atoms. The normalized spacial score (nSPS) is 40.3. The number of amides is 1. The number of likely N-dealkylation sites (tertiary alicyclic amines) is 1. The summed E-state index contributed by atoms with van der Waals surface area (Å²) < 4.78 is 13.1. The average molecular weight is 278 g/mol. The summed E-state index contributed by atoms with van der Waals surface area (Å²) in [5.41, 5.74) is -0.697. The fraction of sp³-hybridized carbons (Fsp3) is 0.909. The highest BCUT2D eigenvalue weighted by Crippen LogP contribution is 2.50. The van der Waals surface area contributed by atoms with E-state index >= 15 is 0 Å². The van der Waals surface area contributed by atoms with Crippen LogP contribution in [-0.4, -0.2) is 34.9 Å². The minimum absolute atomic E-state index is 0.0270. The van der Waals surface area contributed by atoms with Crippen LogP contribution in [0.15, 0.2) is 0 Å². The molecule has 1 amide bonds. The number of nitrogens with zero attached hydrogens (tertiary/aromatic N) is 1. The van der Waals surface area contributed by atoms with E-state index in [1.54, 1.807) is 6.92 Å². The maximum absolute atomic E-state index is 13.1. The number of rotatable bonds is 2. The van der Waals surface area contributed by atoms with Gasteiger partial charge in [-0.05, 0) is 32.6 Å². The van der Waals surface area contributed by atoms with Crippen LogP contribution in [0.3, 0.4) is 0 Å². The molecule has 2 aliphatic rings. The van der Waals surface area contributed by atoms with Gasteiger partial charge >= 0.3 is 0 Å². The Balaban J connectivity index is 2.05. The van der Waals surface area contributed by atoms with Crippen LogP contribution in [0.2, 0.25) is 0 Å². The first-order chi connectivity index (χ1) is 7.09. The predicted octanol–water partition coefficient (Wildman–Crippen LogP) is 2.51. The SMILES string of the molecule is CC1(C(=O)N2CCCCC2CBr)CC1F. The number of carbonyl (C=O) groups excluding carboxylic acids is 1. The van der Waals surface area contributed by atoms with Gasteiger partial charge in [0.2, 0.25) is 5.91 Å². The lowest BCUT2D eigenvalue weighted by Crippen LogP contribution is -2.47. The Bertz CT molecular complexity index is 273. The summed E-state index contributed by atoms with van der Waals surface area (Å²) in [6, 6.07) is 0.274. The molecular formula is C11H17BrFNO. The monoisotopic (exact) mass is 277 g/mol. The molecule has 1 saturated heterocycles. The van der Waals surface area contributed by atoms with Crippen LogP contribution in [0.25, 0.3) is 0 Å².